The molecular formula is C8H10N4O2S2. The number of thioether (sulfide) groups is 1. The summed E-state index contributed by atoms with van der Waals surface area (Å²) in [5.41, 5.74) is 2.42. The molecule has 0 spiro atoms. The first-order valence-corrected chi connectivity index (χ1v) is 6.39. The number of nitrogens with one attached hydrogen (secondary N) is 1. The molecule has 1 saturated heterocycles. The molecule has 8 heteroatoms. The molecule has 86 valence electrons. The van der Waals surface area contributed by atoms with Crippen molar-refractivity contribution >= 4 is 39.4 Å². The van der Waals surface area contributed by atoms with Crippen LogP contribution in [0, 0.1) is 0 Å². The van der Waals surface area contributed by atoms with Gasteiger partial charge >= 0.3 is 0 Å². The first-order chi connectivity index (χ1) is 7.70. The maximum absolute atomic E-state index is 11.5. The van der Waals surface area contributed by atoms with Gasteiger partial charge in [0.25, 0.3) is 5.24 Å². The van der Waals surface area contributed by atoms with Crippen LogP contribution in [0.2, 0.25) is 0 Å². The number of hydrogen-bond acceptors (Lipinski definition) is 7. The second kappa shape index (κ2) is 4.81. The molecule has 1 fully saturated rings. The number of hydrazine groups is 1. The number of aromatic nitrogens is 1. The van der Waals surface area contributed by atoms with Gasteiger partial charge in [0, 0.05) is 23.2 Å². The van der Waals surface area contributed by atoms with Gasteiger partial charge in [-0.1, -0.05) is 23.1 Å². The van der Waals surface area contributed by atoms with Crippen LogP contribution < -0.4 is 11.3 Å². The van der Waals surface area contributed by atoms with Gasteiger partial charge in [-0.15, -0.1) is 0 Å². The van der Waals surface area contributed by atoms with Crippen LogP contribution in [-0.4, -0.2) is 26.8 Å². The largest absolute Gasteiger partial charge is 0.300 e. The minimum Gasteiger partial charge on any atom is -0.300 e. The second-order valence-corrected chi connectivity index (χ2v) is 5.28. The summed E-state index contributed by atoms with van der Waals surface area (Å²) in [5, 5.41) is 0.381. The summed E-state index contributed by atoms with van der Waals surface area (Å²) in [5.74, 6) is 5.65. The van der Waals surface area contributed by atoms with E-state index in [9.17, 15) is 9.59 Å². The Hall–Kier alpha value is -1.12. The summed E-state index contributed by atoms with van der Waals surface area (Å²) in [4.78, 5) is 29.1. The fourth-order valence-electron chi connectivity index (χ4n) is 1.30. The summed E-state index contributed by atoms with van der Waals surface area (Å²) < 4.78 is 0. The first kappa shape index (κ1) is 11.4. The number of carbonyl (C=O) groups excluding carboxylic acids is 2. The van der Waals surface area contributed by atoms with Crippen molar-refractivity contribution in [3.05, 3.63) is 11.1 Å². The van der Waals surface area contributed by atoms with Crippen molar-refractivity contribution in [3.8, 4) is 0 Å². The van der Waals surface area contributed by atoms with E-state index in [2.05, 4.69) is 10.4 Å². The number of nitrogen functional groups attached to an aromatic ring is 1. The molecule has 0 unspecified atom stereocenters. The number of imide groups is 1. The summed E-state index contributed by atoms with van der Waals surface area (Å²) in [7, 11) is 0. The Morgan fingerprint density at radius 1 is 1.56 bits per heavy atom. The van der Waals surface area contributed by atoms with E-state index in [-0.39, 0.29) is 17.7 Å². The minimum atomic E-state index is -0.188. The van der Waals surface area contributed by atoms with Crippen molar-refractivity contribution in [2.45, 2.75) is 13.0 Å². The lowest BCUT2D eigenvalue weighted by Crippen LogP contribution is -2.37. The van der Waals surface area contributed by atoms with E-state index < -0.39 is 0 Å². The summed E-state index contributed by atoms with van der Waals surface area (Å²) in [6.07, 6.45) is 2.02. The van der Waals surface area contributed by atoms with Gasteiger partial charge in [0.15, 0.2) is 5.13 Å². The van der Waals surface area contributed by atoms with Crippen LogP contribution >= 0.6 is 23.1 Å². The standard InChI is InChI=1S/C8H10N4O2S2/c9-11-7-10-3-5(16-7)4-12-6(13)1-2-15-8(12)14/h3H,1-2,4,9H2,(H,10,11). The highest BCUT2D eigenvalue weighted by molar-refractivity contribution is 8.13. The van der Waals surface area contributed by atoms with Crippen molar-refractivity contribution in [2.24, 2.45) is 5.84 Å². The van der Waals surface area contributed by atoms with E-state index >= 15 is 0 Å². The van der Waals surface area contributed by atoms with E-state index in [0.29, 0.717) is 17.3 Å². The average Bonchev–Trinajstić information content (AvgIpc) is 2.71. The van der Waals surface area contributed by atoms with E-state index in [0.717, 1.165) is 4.88 Å². The highest BCUT2D eigenvalue weighted by Crippen LogP contribution is 2.24. The second-order valence-electron chi connectivity index (χ2n) is 3.12. The third-order valence-corrected chi connectivity index (χ3v) is 3.84. The lowest BCUT2D eigenvalue weighted by atomic mass is 10.4. The topological polar surface area (TPSA) is 88.3 Å². The number of carbonyl (C=O) groups is 2. The van der Waals surface area contributed by atoms with Crippen LogP contribution in [0.4, 0.5) is 9.93 Å². The number of rotatable bonds is 3. The highest BCUT2D eigenvalue weighted by atomic mass is 32.2. The molecule has 6 nitrogen and oxygen atoms in total. The van der Waals surface area contributed by atoms with Crippen molar-refractivity contribution in [1.29, 1.82) is 0 Å². The zero-order valence-electron chi connectivity index (χ0n) is 8.30. The van der Waals surface area contributed by atoms with E-state index in [1.54, 1.807) is 6.20 Å². The molecule has 0 atom stereocenters. The van der Waals surface area contributed by atoms with Crippen LogP contribution in [0.1, 0.15) is 11.3 Å². The molecule has 0 aliphatic carbocycles. The molecule has 2 rings (SSSR count). The van der Waals surface area contributed by atoms with Crippen LogP contribution in [0.5, 0.6) is 0 Å². The van der Waals surface area contributed by atoms with Gasteiger partial charge in [-0.05, 0) is 0 Å². The highest BCUT2D eigenvalue weighted by Gasteiger charge is 2.27. The lowest BCUT2D eigenvalue weighted by molar-refractivity contribution is -0.128. The molecule has 1 aromatic heterocycles. The van der Waals surface area contributed by atoms with Crippen molar-refractivity contribution < 1.29 is 9.59 Å². The van der Waals surface area contributed by atoms with E-state index in [1.165, 1.54) is 28.0 Å². The molecule has 0 saturated carbocycles. The maximum Gasteiger partial charge on any atom is 0.288 e. The Labute approximate surface area is 100 Å². The molecule has 1 aliphatic rings. The average molecular weight is 258 g/mol. The smallest absolute Gasteiger partial charge is 0.288 e. The first-order valence-electron chi connectivity index (χ1n) is 4.59. The number of anilines is 1. The molecule has 0 aromatic carbocycles. The molecule has 1 aliphatic heterocycles. The fraction of sp³-hybridized carbons (Fsp3) is 0.375. The number of nitrogens with zero attached hydrogens (tertiary/aromatic N) is 2. The minimum absolute atomic E-state index is 0.126. The summed E-state index contributed by atoms with van der Waals surface area (Å²) in [6, 6.07) is 0. The normalized spacial score (nSPS) is 16.7. The van der Waals surface area contributed by atoms with Crippen molar-refractivity contribution in [1.82, 2.24) is 9.88 Å². The Morgan fingerprint density at radius 3 is 3.00 bits per heavy atom. The van der Waals surface area contributed by atoms with Gasteiger partial charge in [-0.3, -0.25) is 19.9 Å². The lowest BCUT2D eigenvalue weighted by Gasteiger charge is -2.23. The van der Waals surface area contributed by atoms with Gasteiger partial charge in [0.1, 0.15) is 0 Å². The van der Waals surface area contributed by atoms with Crippen LogP contribution in [-0.2, 0) is 11.3 Å². The Kier molecular flexibility index (Phi) is 3.42. The van der Waals surface area contributed by atoms with Gasteiger partial charge in [-0.2, -0.15) is 0 Å². The number of thiazole rings is 1. The predicted octanol–water partition coefficient (Wildman–Crippen LogP) is 1.01. The number of amides is 2. The zero-order valence-corrected chi connectivity index (χ0v) is 9.94. The van der Waals surface area contributed by atoms with Gasteiger partial charge in [-0.25, -0.2) is 10.8 Å². The molecular weight excluding hydrogens is 248 g/mol. The Balaban J connectivity index is 2.07. The van der Waals surface area contributed by atoms with Crippen molar-refractivity contribution in [3.63, 3.8) is 0 Å². The molecule has 0 radical (unpaired) electrons. The van der Waals surface area contributed by atoms with E-state index in [1.807, 2.05) is 0 Å². The van der Waals surface area contributed by atoms with Crippen molar-refractivity contribution in [2.75, 3.05) is 11.2 Å². The number of nitrogens with two attached hydrogens (primary N) is 1. The number of hydrogen-bond donors (Lipinski definition) is 2. The third-order valence-electron chi connectivity index (χ3n) is 2.05. The predicted molar refractivity (Wildman–Crippen MR) is 62.9 cm³/mol. The van der Waals surface area contributed by atoms with Gasteiger partial charge < -0.3 is 0 Å². The van der Waals surface area contributed by atoms with Crippen LogP contribution in [0.3, 0.4) is 0 Å². The molecule has 3 N–H and O–H groups in total. The third kappa shape index (κ3) is 2.34. The quantitative estimate of drug-likeness (QED) is 0.621. The summed E-state index contributed by atoms with van der Waals surface area (Å²) in [6.45, 7) is 0.282. The Morgan fingerprint density at radius 2 is 2.38 bits per heavy atom. The molecule has 2 amide bonds. The molecule has 16 heavy (non-hydrogen) atoms. The fourth-order valence-corrected chi connectivity index (χ4v) is 2.78. The maximum atomic E-state index is 11.5. The molecule has 0 bridgehead atoms. The SMILES string of the molecule is NNc1ncc(CN2C(=O)CCSC2=O)s1. The van der Waals surface area contributed by atoms with Gasteiger partial charge in [0.2, 0.25) is 5.91 Å². The molecule has 2 heterocycles. The van der Waals surface area contributed by atoms with Crippen LogP contribution in [0.25, 0.3) is 0 Å². The monoisotopic (exact) mass is 258 g/mol. The zero-order chi connectivity index (χ0) is 11.5. The Bertz CT molecular complexity index is 404. The summed E-state index contributed by atoms with van der Waals surface area (Å²) >= 11 is 2.50. The van der Waals surface area contributed by atoms with E-state index in [4.69, 9.17) is 5.84 Å². The van der Waals surface area contributed by atoms with Gasteiger partial charge in [0.05, 0.1) is 6.54 Å². The molecule has 1 aromatic rings. The van der Waals surface area contributed by atoms with Crippen LogP contribution in [0.15, 0.2) is 6.20 Å².